The van der Waals surface area contributed by atoms with Gasteiger partial charge in [-0.25, -0.2) is 0 Å². The first kappa shape index (κ1) is 9.05. The maximum absolute atomic E-state index is 2.20. The molecule has 12 heavy (non-hydrogen) atoms. The van der Waals surface area contributed by atoms with Crippen LogP contribution >= 0.6 is 0 Å². The van der Waals surface area contributed by atoms with E-state index in [9.17, 15) is 0 Å². The van der Waals surface area contributed by atoms with Crippen molar-refractivity contribution in [3.8, 4) is 0 Å². The van der Waals surface area contributed by atoms with Gasteiger partial charge in [-0.15, -0.1) is 0 Å². The lowest BCUT2D eigenvalue weighted by Crippen LogP contribution is -1.84. The molecule has 0 bridgehead atoms. The van der Waals surface area contributed by atoms with Crippen molar-refractivity contribution in [2.45, 2.75) is 27.2 Å². The normalized spacial score (nSPS) is 10.9. The van der Waals surface area contributed by atoms with Crippen LogP contribution in [-0.4, -0.2) is 0 Å². The molecule has 1 aromatic carbocycles. The van der Waals surface area contributed by atoms with Gasteiger partial charge in [-0.2, -0.15) is 0 Å². The van der Waals surface area contributed by atoms with Crippen molar-refractivity contribution in [1.29, 1.82) is 0 Å². The highest BCUT2D eigenvalue weighted by Gasteiger charge is 1.94. The molecule has 0 aliphatic carbocycles. The summed E-state index contributed by atoms with van der Waals surface area (Å²) < 4.78 is 0. The topological polar surface area (TPSA) is 0 Å². The van der Waals surface area contributed by atoms with E-state index in [0.29, 0.717) is 0 Å². The van der Waals surface area contributed by atoms with E-state index in [1.54, 1.807) is 0 Å². The highest BCUT2D eigenvalue weighted by Crippen LogP contribution is 2.14. The van der Waals surface area contributed by atoms with Crippen molar-refractivity contribution in [2.75, 3.05) is 0 Å². The Morgan fingerprint density at radius 1 is 1.25 bits per heavy atom. The van der Waals surface area contributed by atoms with Gasteiger partial charge in [0, 0.05) is 0 Å². The summed E-state index contributed by atoms with van der Waals surface area (Å²) in [6.45, 7) is 6.48. The van der Waals surface area contributed by atoms with Crippen LogP contribution in [0.25, 0.3) is 6.08 Å². The van der Waals surface area contributed by atoms with Gasteiger partial charge < -0.3 is 0 Å². The maximum atomic E-state index is 2.20. The van der Waals surface area contributed by atoms with Crippen LogP contribution in [0, 0.1) is 13.8 Å². The van der Waals surface area contributed by atoms with Gasteiger partial charge in [-0.1, -0.05) is 37.3 Å². The molecule has 0 saturated heterocycles. The predicted molar refractivity (Wildman–Crippen MR) is 55.2 cm³/mol. The van der Waals surface area contributed by atoms with Gasteiger partial charge in [0.2, 0.25) is 0 Å². The molecule has 1 rings (SSSR count). The third kappa shape index (κ3) is 1.97. The third-order valence-corrected chi connectivity index (χ3v) is 2.18. The lowest BCUT2D eigenvalue weighted by atomic mass is 10.0. The number of rotatable bonds is 2. The lowest BCUT2D eigenvalue weighted by Gasteiger charge is -2.02. The van der Waals surface area contributed by atoms with Crippen molar-refractivity contribution in [1.82, 2.24) is 0 Å². The minimum absolute atomic E-state index is 1.10. The van der Waals surface area contributed by atoms with E-state index in [1.165, 1.54) is 16.7 Å². The van der Waals surface area contributed by atoms with Crippen molar-refractivity contribution in [3.05, 3.63) is 41.0 Å². The van der Waals surface area contributed by atoms with Gasteiger partial charge in [-0.05, 0) is 37.0 Å². The Hall–Kier alpha value is -1.04. The van der Waals surface area contributed by atoms with Crippen LogP contribution < -0.4 is 0 Å². The number of hydrogen-bond donors (Lipinski definition) is 0. The summed E-state index contributed by atoms with van der Waals surface area (Å²) in [5, 5.41) is 0. The largest absolute Gasteiger partial charge is 0.0842 e. The van der Waals surface area contributed by atoms with Crippen LogP contribution in [0.2, 0.25) is 0 Å². The second-order valence-corrected chi connectivity index (χ2v) is 3.10. The van der Waals surface area contributed by atoms with Gasteiger partial charge in [0.05, 0.1) is 0 Å². The molecule has 0 spiro atoms. The molecule has 0 aliphatic heterocycles. The standard InChI is InChI=1S/C12H16/c1-4-5-8-12-9-6-7-10(2)11(12)3/h5-9H,4H2,1-3H3. The molecule has 0 aliphatic rings. The second-order valence-electron chi connectivity index (χ2n) is 3.10. The highest BCUT2D eigenvalue weighted by molar-refractivity contribution is 5.55. The molecule has 0 saturated carbocycles. The van der Waals surface area contributed by atoms with Crippen molar-refractivity contribution < 1.29 is 0 Å². The molecule has 0 atom stereocenters. The summed E-state index contributed by atoms with van der Waals surface area (Å²) in [6.07, 6.45) is 5.50. The van der Waals surface area contributed by atoms with Gasteiger partial charge in [-0.3, -0.25) is 0 Å². The minimum Gasteiger partial charge on any atom is -0.0842 e. The van der Waals surface area contributed by atoms with Crippen LogP contribution in [0.15, 0.2) is 24.3 Å². The molecule has 0 amide bonds. The lowest BCUT2D eigenvalue weighted by molar-refractivity contribution is 1.23. The molecule has 0 fully saturated rings. The Morgan fingerprint density at radius 2 is 2.00 bits per heavy atom. The van der Waals surface area contributed by atoms with Crippen LogP contribution in [0.4, 0.5) is 0 Å². The smallest absolute Gasteiger partial charge is 0.0228 e. The Bertz CT molecular complexity index is 282. The average molecular weight is 160 g/mol. The van der Waals surface area contributed by atoms with E-state index in [1.807, 2.05) is 0 Å². The Balaban J connectivity index is 3.00. The summed E-state index contributed by atoms with van der Waals surface area (Å²) in [6, 6.07) is 6.42. The Labute approximate surface area is 74.9 Å². The maximum Gasteiger partial charge on any atom is -0.0228 e. The predicted octanol–water partition coefficient (Wildman–Crippen LogP) is 3.73. The van der Waals surface area contributed by atoms with E-state index >= 15 is 0 Å². The summed E-state index contributed by atoms with van der Waals surface area (Å²) >= 11 is 0. The van der Waals surface area contributed by atoms with Crippen LogP contribution in [0.3, 0.4) is 0 Å². The van der Waals surface area contributed by atoms with E-state index < -0.39 is 0 Å². The van der Waals surface area contributed by atoms with Crippen LogP contribution in [0.5, 0.6) is 0 Å². The molecule has 0 nitrogen and oxygen atoms in total. The second kappa shape index (κ2) is 4.10. The molecule has 0 unspecified atom stereocenters. The van der Waals surface area contributed by atoms with Gasteiger partial charge in [0.25, 0.3) is 0 Å². The molecule has 64 valence electrons. The minimum atomic E-state index is 1.10. The number of hydrogen-bond acceptors (Lipinski definition) is 0. The van der Waals surface area contributed by atoms with E-state index in [4.69, 9.17) is 0 Å². The molecular formula is C12H16. The molecule has 0 N–H and O–H groups in total. The molecule has 0 heteroatoms. The van der Waals surface area contributed by atoms with Gasteiger partial charge in [0.15, 0.2) is 0 Å². The van der Waals surface area contributed by atoms with E-state index in [-0.39, 0.29) is 0 Å². The molecule has 0 aromatic heterocycles. The van der Waals surface area contributed by atoms with Crippen molar-refractivity contribution >= 4 is 6.08 Å². The number of aryl methyl sites for hydroxylation is 1. The van der Waals surface area contributed by atoms with Crippen LogP contribution in [0.1, 0.15) is 30.0 Å². The summed E-state index contributed by atoms with van der Waals surface area (Å²) in [7, 11) is 0. The summed E-state index contributed by atoms with van der Waals surface area (Å²) in [5.74, 6) is 0. The molecular weight excluding hydrogens is 144 g/mol. The number of allylic oxidation sites excluding steroid dienone is 1. The zero-order valence-electron chi connectivity index (χ0n) is 8.09. The highest BCUT2D eigenvalue weighted by atomic mass is 14.0. The van der Waals surface area contributed by atoms with Crippen molar-refractivity contribution in [2.24, 2.45) is 0 Å². The third-order valence-electron chi connectivity index (χ3n) is 2.18. The quantitative estimate of drug-likeness (QED) is 0.618. The molecule has 1 aromatic rings. The first-order valence-corrected chi connectivity index (χ1v) is 4.48. The van der Waals surface area contributed by atoms with Crippen molar-refractivity contribution in [3.63, 3.8) is 0 Å². The average Bonchev–Trinajstić information content (AvgIpc) is 2.08. The fraction of sp³-hybridized carbons (Fsp3) is 0.333. The Kier molecular flexibility index (Phi) is 3.09. The SMILES string of the molecule is CCC=Cc1cccc(C)c1C. The molecule has 0 heterocycles. The zero-order chi connectivity index (χ0) is 8.97. The van der Waals surface area contributed by atoms with Gasteiger partial charge in [0.1, 0.15) is 0 Å². The first-order valence-electron chi connectivity index (χ1n) is 4.48. The first-order chi connectivity index (χ1) is 5.75. The zero-order valence-corrected chi connectivity index (χ0v) is 8.09. The molecule has 0 radical (unpaired) electrons. The monoisotopic (exact) mass is 160 g/mol. The fourth-order valence-corrected chi connectivity index (χ4v) is 1.20. The fourth-order valence-electron chi connectivity index (χ4n) is 1.20. The summed E-state index contributed by atoms with van der Waals surface area (Å²) in [5.41, 5.74) is 4.10. The van der Waals surface area contributed by atoms with E-state index in [0.717, 1.165) is 6.42 Å². The van der Waals surface area contributed by atoms with Crippen LogP contribution in [-0.2, 0) is 0 Å². The Morgan fingerprint density at radius 3 is 2.67 bits per heavy atom. The van der Waals surface area contributed by atoms with Gasteiger partial charge >= 0.3 is 0 Å². The number of benzene rings is 1. The van der Waals surface area contributed by atoms with E-state index in [2.05, 4.69) is 51.1 Å². The summed E-state index contributed by atoms with van der Waals surface area (Å²) in [4.78, 5) is 0.